The van der Waals surface area contributed by atoms with Crippen LogP contribution in [0.4, 0.5) is 0 Å². The molecule has 0 saturated heterocycles. The van der Waals surface area contributed by atoms with Gasteiger partial charge in [0.1, 0.15) is 0 Å². The second-order valence-electron chi connectivity index (χ2n) is 12.1. The Morgan fingerprint density at radius 3 is 1.43 bits per heavy atom. The summed E-state index contributed by atoms with van der Waals surface area (Å²) in [6.07, 6.45) is 0. The van der Waals surface area contributed by atoms with Gasteiger partial charge in [0.25, 0.3) is 0 Å². The van der Waals surface area contributed by atoms with Gasteiger partial charge < -0.3 is 4.74 Å². The van der Waals surface area contributed by atoms with Crippen molar-refractivity contribution in [3.8, 4) is 0 Å². The topological polar surface area (TPSA) is 32.8 Å². The second kappa shape index (κ2) is 15.5. The van der Waals surface area contributed by atoms with E-state index in [2.05, 4.69) is 149 Å². The molecule has 0 spiro atoms. The molecule has 1 atom stereocenters. The largest absolute Gasteiger partial charge is 0.464 e. The summed E-state index contributed by atoms with van der Waals surface area (Å²) in [7, 11) is 0. The number of fused-ring (bicyclic) bond motifs is 1. The van der Waals surface area contributed by atoms with Crippen LogP contribution in [-0.2, 0) is 41.2 Å². The van der Waals surface area contributed by atoms with E-state index in [0.29, 0.717) is 32.7 Å². The molecule has 4 heteroatoms. The first-order chi connectivity index (χ1) is 23.1. The Morgan fingerprint density at radius 1 is 0.532 bits per heavy atom. The molecular formula is C43H42N2O2. The molecule has 6 aromatic rings. The van der Waals surface area contributed by atoms with Gasteiger partial charge in [-0.2, -0.15) is 0 Å². The maximum absolute atomic E-state index is 15.0. The van der Waals surface area contributed by atoms with Gasteiger partial charge in [-0.25, -0.2) is 4.79 Å². The van der Waals surface area contributed by atoms with Crippen LogP contribution in [-0.4, -0.2) is 28.9 Å². The molecule has 0 amide bonds. The van der Waals surface area contributed by atoms with E-state index in [-0.39, 0.29) is 12.6 Å². The SMILES string of the molecule is CCOC(=O)C(CN(Cc1ccccc1)Cc1ccccc1)(c1ccc2ccccc2c1)N(Cc1ccccc1)Cc1ccccc1. The number of carbonyl (C=O) groups excluding carboxylic acids is 1. The molecule has 47 heavy (non-hydrogen) atoms. The number of rotatable bonds is 14. The van der Waals surface area contributed by atoms with Crippen LogP contribution in [0.5, 0.6) is 0 Å². The van der Waals surface area contributed by atoms with Crippen LogP contribution >= 0.6 is 0 Å². The van der Waals surface area contributed by atoms with E-state index >= 15 is 0 Å². The zero-order chi connectivity index (χ0) is 32.3. The molecule has 0 aliphatic rings. The number of carbonyl (C=O) groups is 1. The number of ether oxygens (including phenoxy) is 1. The van der Waals surface area contributed by atoms with E-state index in [9.17, 15) is 4.79 Å². The summed E-state index contributed by atoms with van der Waals surface area (Å²) in [5.41, 5.74) is 4.43. The van der Waals surface area contributed by atoms with Crippen LogP contribution in [0.15, 0.2) is 164 Å². The van der Waals surface area contributed by atoms with Crippen LogP contribution < -0.4 is 0 Å². The molecule has 0 fully saturated rings. The fourth-order valence-electron chi connectivity index (χ4n) is 6.49. The fourth-order valence-corrected chi connectivity index (χ4v) is 6.49. The Morgan fingerprint density at radius 2 is 0.957 bits per heavy atom. The van der Waals surface area contributed by atoms with E-state index in [1.54, 1.807) is 0 Å². The second-order valence-corrected chi connectivity index (χ2v) is 12.1. The van der Waals surface area contributed by atoms with Gasteiger partial charge in [0.2, 0.25) is 0 Å². The predicted molar refractivity (Wildman–Crippen MR) is 191 cm³/mol. The average Bonchev–Trinajstić information content (AvgIpc) is 3.12. The monoisotopic (exact) mass is 618 g/mol. The Kier molecular flexibility index (Phi) is 10.5. The van der Waals surface area contributed by atoms with Crippen molar-refractivity contribution in [2.75, 3.05) is 13.2 Å². The van der Waals surface area contributed by atoms with Gasteiger partial charge in [-0.3, -0.25) is 9.80 Å². The lowest BCUT2D eigenvalue weighted by atomic mass is 9.84. The molecule has 0 N–H and O–H groups in total. The van der Waals surface area contributed by atoms with E-state index < -0.39 is 5.54 Å². The molecule has 0 saturated carbocycles. The van der Waals surface area contributed by atoms with Crippen molar-refractivity contribution < 1.29 is 9.53 Å². The fraction of sp³-hybridized carbons (Fsp3) is 0.186. The third-order valence-electron chi connectivity index (χ3n) is 8.76. The standard InChI is InChI=1S/C43H42N2O2/c1-2-47-42(46)43(41-28-27-39-25-15-16-26-40(39)29-41,45(32-37-21-11-5-12-22-37)33-38-23-13-6-14-24-38)34-44(30-35-17-7-3-8-18-35)31-36-19-9-4-10-20-36/h3-29H,2,30-34H2,1H3. The highest BCUT2D eigenvalue weighted by molar-refractivity contribution is 5.88. The third-order valence-corrected chi connectivity index (χ3v) is 8.76. The van der Waals surface area contributed by atoms with Gasteiger partial charge in [0, 0.05) is 32.7 Å². The molecule has 0 radical (unpaired) electrons. The maximum atomic E-state index is 15.0. The first-order valence-electron chi connectivity index (χ1n) is 16.4. The highest BCUT2D eigenvalue weighted by Gasteiger charge is 2.48. The van der Waals surface area contributed by atoms with Crippen molar-refractivity contribution in [3.05, 3.63) is 192 Å². The summed E-state index contributed by atoms with van der Waals surface area (Å²) in [5.74, 6) is -0.242. The lowest BCUT2D eigenvalue weighted by Gasteiger charge is -2.45. The molecule has 6 aromatic carbocycles. The zero-order valence-corrected chi connectivity index (χ0v) is 27.0. The summed E-state index contributed by atoms with van der Waals surface area (Å²) < 4.78 is 6.12. The summed E-state index contributed by atoms with van der Waals surface area (Å²) in [5, 5.41) is 2.23. The zero-order valence-electron chi connectivity index (χ0n) is 27.0. The van der Waals surface area contributed by atoms with Crippen LogP contribution in [0.25, 0.3) is 10.8 Å². The number of nitrogens with zero attached hydrogens (tertiary/aromatic N) is 2. The van der Waals surface area contributed by atoms with E-state index in [0.717, 1.165) is 27.5 Å². The molecule has 0 heterocycles. The van der Waals surface area contributed by atoms with Crippen LogP contribution in [0.2, 0.25) is 0 Å². The average molecular weight is 619 g/mol. The molecule has 0 aromatic heterocycles. The molecule has 0 bridgehead atoms. The minimum absolute atomic E-state index is 0.242. The summed E-state index contributed by atoms with van der Waals surface area (Å²) in [4.78, 5) is 19.7. The number of esters is 1. The lowest BCUT2D eigenvalue weighted by Crippen LogP contribution is -2.58. The summed E-state index contributed by atoms with van der Waals surface area (Å²) >= 11 is 0. The minimum atomic E-state index is -1.14. The first-order valence-corrected chi connectivity index (χ1v) is 16.4. The van der Waals surface area contributed by atoms with Crippen molar-refractivity contribution in [1.82, 2.24) is 9.80 Å². The smallest absolute Gasteiger partial charge is 0.332 e. The Balaban J connectivity index is 1.56. The van der Waals surface area contributed by atoms with Gasteiger partial charge in [-0.15, -0.1) is 0 Å². The van der Waals surface area contributed by atoms with Gasteiger partial charge in [0.15, 0.2) is 5.54 Å². The Hall–Kier alpha value is -5.03. The molecule has 6 rings (SSSR count). The van der Waals surface area contributed by atoms with E-state index in [1.807, 2.05) is 31.2 Å². The van der Waals surface area contributed by atoms with Crippen LogP contribution in [0, 0.1) is 0 Å². The number of benzene rings is 6. The lowest BCUT2D eigenvalue weighted by molar-refractivity contribution is -0.162. The molecule has 0 aliphatic heterocycles. The quantitative estimate of drug-likeness (QED) is 0.114. The van der Waals surface area contributed by atoms with Crippen LogP contribution in [0.1, 0.15) is 34.7 Å². The van der Waals surface area contributed by atoms with Crippen molar-refractivity contribution in [3.63, 3.8) is 0 Å². The first kappa shape index (κ1) is 31.9. The highest BCUT2D eigenvalue weighted by Crippen LogP contribution is 2.37. The highest BCUT2D eigenvalue weighted by atomic mass is 16.5. The Labute approximate surface area is 278 Å². The molecule has 236 valence electrons. The molecule has 1 unspecified atom stereocenters. The molecule has 0 aliphatic carbocycles. The van der Waals surface area contributed by atoms with Crippen molar-refractivity contribution in [2.24, 2.45) is 0 Å². The van der Waals surface area contributed by atoms with Crippen molar-refractivity contribution in [1.29, 1.82) is 0 Å². The summed E-state index contributed by atoms with van der Waals surface area (Å²) in [6, 6.07) is 56.7. The number of hydrogen-bond donors (Lipinski definition) is 0. The Bertz CT molecular complexity index is 1760. The minimum Gasteiger partial charge on any atom is -0.464 e. The van der Waals surface area contributed by atoms with Gasteiger partial charge >= 0.3 is 5.97 Å². The third kappa shape index (κ3) is 7.86. The predicted octanol–water partition coefficient (Wildman–Crippen LogP) is 9.00. The van der Waals surface area contributed by atoms with E-state index in [4.69, 9.17) is 4.74 Å². The van der Waals surface area contributed by atoms with Gasteiger partial charge in [-0.05, 0) is 51.6 Å². The van der Waals surface area contributed by atoms with Crippen molar-refractivity contribution in [2.45, 2.75) is 38.6 Å². The summed E-state index contributed by atoms with van der Waals surface area (Å²) in [6.45, 7) is 5.08. The number of hydrogen-bond acceptors (Lipinski definition) is 4. The molecule has 4 nitrogen and oxygen atoms in total. The van der Waals surface area contributed by atoms with E-state index in [1.165, 1.54) is 11.1 Å². The van der Waals surface area contributed by atoms with Crippen molar-refractivity contribution >= 4 is 16.7 Å². The molecular weight excluding hydrogens is 576 g/mol. The van der Waals surface area contributed by atoms with Crippen LogP contribution in [0.3, 0.4) is 0 Å². The maximum Gasteiger partial charge on any atom is 0.332 e. The van der Waals surface area contributed by atoms with Gasteiger partial charge in [-0.1, -0.05) is 158 Å². The van der Waals surface area contributed by atoms with Gasteiger partial charge in [0.05, 0.1) is 6.61 Å². The normalized spacial score (nSPS) is 12.7.